The number of hydrogen-bond acceptors (Lipinski definition) is 3. The van der Waals surface area contributed by atoms with E-state index in [0.29, 0.717) is 40.5 Å². The molecule has 2 atom stereocenters. The molecular weight excluding hydrogens is 346 g/mol. The Labute approximate surface area is 137 Å². The van der Waals surface area contributed by atoms with Crippen LogP contribution in [0.5, 0.6) is 0 Å². The van der Waals surface area contributed by atoms with Crippen LogP contribution in [0.1, 0.15) is 49.1 Å². The predicted octanol–water partition coefficient (Wildman–Crippen LogP) is 3.54. The number of nitrogens with two attached hydrogens (primary N) is 1. The molecule has 0 spiro atoms. The molecule has 1 amide bonds. The van der Waals surface area contributed by atoms with E-state index in [2.05, 4.69) is 15.9 Å². The number of carbonyl (C=O) groups excluding carboxylic acids is 2. The maximum absolute atomic E-state index is 12.5. The van der Waals surface area contributed by atoms with Crippen molar-refractivity contribution in [3.8, 4) is 0 Å². The quantitative estimate of drug-likeness (QED) is 0.829. The minimum Gasteiger partial charge on any atom is -0.446 e. The van der Waals surface area contributed by atoms with Crippen LogP contribution in [0.2, 0.25) is 0 Å². The van der Waals surface area contributed by atoms with Crippen molar-refractivity contribution in [2.75, 3.05) is 0 Å². The Balaban J connectivity index is 1.53. The van der Waals surface area contributed by atoms with E-state index in [1.807, 2.05) is 0 Å². The molecule has 1 aromatic rings. The average molecular weight is 366 g/mol. The summed E-state index contributed by atoms with van der Waals surface area (Å²) >= 11 is 3.24. The highest BCUT2D eigenvalue weighted by atomic mass is 79.9. The third kappa shape index (κ3) is 2.16. The van der Waals surface area contributed by atoms with Crippen LogP contribution < -0.4 is 5.73 Å². The Hall–Kier alpha value is -1.10. The van der Waals surface area contributed by atoms with Crippen molar-refractivity contribution in [2.24, 2.45) is 34.8 Å². The van der Waals surface area contributed by atoms with Gasteiger partial charge in [0, 0.05) is 11.8 Å². The summed E-state index contributed by atoms with van der Waals surface area (Å²) in [7, 11) is 0. The first-order valence-electron chi connectivity index (χ1n) is 8.05. The predicted molar refractivity (Wildman–Crippen MR) is 84.0 cm³/mol. The molecule has 0 radical (unpaired) electrons. The third-order valence-electron chi connectivity index (χ3n) is 6.26. The van der Waals surface area contributed by atoms with Gasteiger partial charge in [-0.05, 0) is 83.8 Å². The van der Waals surface area contributed by atoms with Crippen LogP contribution in [-0.2, 0) is 4.79 Å². The molecular formula is C17H20BrNO3. The highest BCUT2D eigenvalue weighted by Gasteiger charge is 2.57. The molecule has 0 saturated heterocycles. The Bertz CT molecular complexity index is 622. The van der Waals surface area contributed by atoms with Crippen molar-refractivity contribution >= 4 is 27.6 Å². The number of carbonyl (C=O) groups is 2. The van der Waals surface area contributed by atoms with Crippen molar-refractivity contribution in [2.45, 2.75) is 38.5 Å². The topological polar surface area (TPSA) is 73.3 Å². The lowest BCUT2D eigenvalue weighted by molar-refractivity contribution is -0.149. The van der Waals surface area contributed by atoms with Crippen LogP contribution in [0.4, 0.5) is 0 Å². The zero-order valence-electron chi connectivity index (χ0n) is 12.4. The largest absolute Gasteiger partial charge is 0.446 e. The van der Waals surface area contributed by atoms with Gasteiger partial charge in [0.2, 0.25) is 5.91 Å². The van der Waals surface area contributed by atoms with Crippen LogP contribution in [0.25, 0.3) is 0 Å². The number of rotatable bonds is 4. The van der Waals surface area contributed by atoms with Gasteiger partial charge in [-0.3, -0.25) is 9.59 Å². The third-order valence-corrected chi connectivity index (χ3v) is 6.69. The zero-order chi connectivity index (χ0) is 15.5. The van der Waals surface area contributed by atoms with E-state index < -0.39 is 0 Å². The molecule has 1 heterocycles. The summed E-state index contributed by atoms with van der Waals surface area (Å²) in [5, 5.41) is 0. The maximum atomic E-state index is 12.5. The molecule has 0 aromatic carbocycles. The normalized spacial score (nSPS) is 39.1. The summed E-state index contributed by atoms with van der Waals surface area (Å²) in [5.74, 6) is 2.37. The second-order valence-electron chi connectivity index (χ2n) is 7.51. The van der Waals surface area contributed by atoms with Gasteiger partial charge in [-0.25, -0.2) is 0 Å². The van der Waals surface area contributed by atoms with Gasteiger partial charge in [-0.2, -0.15) is 0 Å². The molecule has 0 aliphatic heterocycles. The van der Waals surface area contributed by atoms with Crippen molar-refractivity contribution in [1.82, 2.24) is 0 Å². The van der Waals surface area contributed by atoms with Gasteiger partial charge in [-0.1, -0.05) is 0 Å². The van der Waals surface area contributed by atoms with E-state index in [-0.39, 0.29) is 17.1 Å². The van der Waals surface area contributed by atoms with Gasteiger partial charge in [0.15, 0.2) is 16.2 Å². The fourth-order valence-corrected chi connectivity index (χ4v) is 5.85. The molecule has 4 nitrogen and oxygen atoms in total. The van der Waals surface area contributed by atoms with Crippen LogP contribution >= 0.6 is 15.9 Å². The van der Waals surface area contributed by atoms with E-state index in [9.17, 15) is 9.59 Å². The number of amides is 1. The minimum absolute atomic E-state index is 0.0799. The zero-order valence-corrected chi connectivity index (χ0v) is 14.0. The Kier molecular flexibility index (Phi) is 3.26. The van der Waals surface area contributed by atoms with Crippen LogP contribution in [-0.4, -0.2) is 11.7 Å². The molecule has 5 rings (SSSR count). The first-order valence-corrected chi connectivity index (χ1v) is 8.84. The maximum Gasteiger partial charge on any atom is 0.223 e. The average Bonchev–Trinajstić information content (AvgIpc) is 2.88. The molecule has 4 aliphatic rings. The van der Waals surface area contributed by atoms with Crippen LogP contribution in [0.3, 0.4) is 0 Å². The molecule has 118 valence electrons. The molecule has 2 N–H and O–H groups in total. The lowest BCUT2D eigenvalue weighted by Gasteiger charge is -2.58. The van der Waals surface area contributed by atoms with Crippen molar-refractivity contribution in [1.29, 1.82) is 0 Å². The number of furan rings is 1. The van der Waals surface area contributed by atoms with Crippen LogP contribution in [0.15, 0.2) is 21.2 Å². The molecule has 4 aliphatic carbocycles. The van der Waals surface area contributed by atoms with Crippen molar-refractivity contribution < 1.29 is 14.0 Å². The van der Waals surface area contributed by atoms with Gasteiger partial charge in [0.25, 0.3) is 0 Å². The summed E-state index contributed by atoms with van der Waals surface area (Å²) in [4.78, 5) is 24.4. The summed E-state index contributed by atoms with van der Waals surface area (Å²) in [6.07, 6.45) is 5.60. The van der Waals surface area contributed by atoms with Gasteiger partial charge in [-0.15, -0.1) is 0 Å². The van der Waals surface area contributed by atoms with Crippen molar-refractivity contribution in [3.63, 3.8) is 0 Å². The number of halogens is 1. The molecule has 4 saturated carbocycles. The molecule has 4 bridgehead atoms. The smallest absolute Gasteiger partial charge is 0.223 e. The highest BCUT2D eigenvalue weighted by Crippen LogP contribution is 2.62. The summed E-state index contributed by atoms with van der Waals surface area (Å²) in [6.45, 7) is 0. The van der Waals surface area contributed by atoms with E-state index in [1.54, 1.807) is 12.1 Å². The van der Waals surface area contributed by atoms with Crippen LogP contribution in [0, 0.1) is 29.1 Å². The summed E-state index contributed by atoms with van der Waals surface area (Å²) < 4.78 is 5.98. The Morgan fingerprint density at radius 3 is 2.45 bits per heavy atom. The monoisotopic (exact) mass is 365 g/mol. The second kappa shape index (κ2) is 4.95. The fraction of sp³-hybridized carbons (Fsp3) is 0.647. The van der Waals surface area contributed by atoms with Gasteiger partial charge >= 0.3 is 0 Å². The van der Waals surface area contributed by atoms with E-state index in [4.69, 9.17) is 10.2 Å². The fourth-order valence-electron chi connectivity index (χ4n) is 5.54. The molecule has 4 fully saturated rings. The number of ketones is 1. The second-order valence-corrected chi connectivity index (χ2v) is 8.29. The van der Waals surface area contributed by atoms with Crippen molar-refractivity contribution in [3.05, 3.63) is 22.6 Å². The first-order chi connectivity index (χ1) is 10.5. The van der Waals surface area contributed by atoms with Gasteiger partial charge in [0.1, 0.15) is 0 Å². The van der Waals surface area contributed by atoms with Gasteiger partial charge in [0.05, 0.1) is 0 Å². The van der Waals surface area contributed by atoms with E-state index >= 15 is 0 Å². The van der Waals surface area contributed by atoms with Gasteiger partial charge < -0.3 is 10.2 Å². The minimum atomic E-state index is -0.274. The Morgan fingerprint density at radius 1 is 1.23 bits per heavy atom. The number of hydrogen-bond donors (Lipinski definition) is 1. The summed E-state index contributed by atoms with van der Waals surface area (Å²) in [5.41, 5.74) is 5.43. The molecule has 22 heavy (non-hydrogen) atoms. The number of Topliss-reactive ketones (excluding diaryl/α,β-unsaturated/α-hetero) is 1. The lowest BCUT2D eigenvalue weighted by atomic mass is 9.45. The molecule has 5 heteroatoms. The number of primary amides is 1. The lowest BCUT2D eigenvalue weighted by Crippen LogP contribution is -2.56. The SMILES string of the molecule is NC(=O)C12CC3CC(C1)C(CC(=O)c1ccc(Br)o1)C(C3)C2. The first kappa shape index (κ1) is 14.5. The summed E-state index contributed by atoms with van der Waals surface area (Å²) in [6, 6.07) is 3.49. The van der Waals surface area contributed by atoms with E-state index in [0.717, 1.165) is 32.1 Å². The van der Waals surface area contributed by atoms with E-state index in [1.165, 1.54) is 0 Å². The highest BCUT2D eigenvalue weighted by molar-refractivity contribution is 9.10. The molecule has 2 unspecified atom stereocenters. The standard InChI is InChI=1S/C17H20BrNO3/c18-15-2-1-14(22-15)13(20)5-12-10-3-9-4-11(12)8-17(6-9,7-10)16(19)21/h1-2,9-12H,3-8H2,(H2,19,21). The molecule has 1 aromatic heterocycles. The Morgan fingerprint density at radius 2 is 1.91 bits per heavy atom.